The molecule has 0 radical (unpaired) electrons. The number of hydrogen-bond donors (Lipinski definition) is 1. The van der Waals surface area contributed by atoms with Gasteiger partial charge in [-0.2, -0.15) is 13.2 Å². The lowest BCUT2D eigenvalue weighted by Gasteiger charge is -2.27. The maximum absolute atomic E-state index is 15.4. The highest BCUT2D eigenvalue weighted by Crippen LogP contribution is 2.32. The van der Waals surface area contributed by atoms with Crippen molar-refractivity contribution in [1.29, 1.82) is 0 Å². The van der Waals surface area contributed by atoms with Gasteiger partial charge in [0.05, 0.1) is 34.9 Å². The molecule has 1 N–H and O–H groups in total. The highest BCUT2D eigenvalue weighted by molar-refractivity contribution is 5.92. The molecule has 0 aliphatic carbocycles. The fourth-order valence-corrected chi connectivity index (χ4v) is 4.76. The van der Waals surface area contributed by atoms with Gasteiger partial charge in [0.15, 0.2) is 0 Å². The molecule has 1 atom stereocenters. The number of carbonyl (C=O) groups is 1. The van der Waals surface area contributed by atoms with Crippen molar-refractivity contribution >= 4 is 17.0 Å². The van der Waals surface area contributed by atoms with Crippen LogP contribution in [0.3, 0.4) is 0 Å². The van der Waals surface area contributed by atoms with E-state index in [4.69, 9.17) is 13.9 Å². The number of furan rings is 1. The van der Waals surface area contributed by atoms with E-state index in [0.29, 0.717) is 30.0 Å². The smallest absolute Gasteiger partial charge is 0.449 e. The van der Waals surface area contributed by atoms with Gasteiger partial charge in [0.1, 0.15) is 29.8 Å². The highest BCUT2D eigenvalue weighted by atomic mass is 19.4. The standard InChI is InChI=1S/C30H22F5N3O5/c31-21-13-20(23-2-1-3-28(37-23)42-15-19-5-7-26(43-19)30(33,34)35)22(32)10-17(21)12-27-36-24-6-4-16(29(39)40)11-25(24)38(27)14-18-8-9-41-18/h1-7,10-11,13,18H,8-9,12,14-15H2,(H,39,40). The zero-order valence-electron chi connectivity index (χ0n) is 22.2. The first kappa shape index (κ1) is 28.3. The molecule has 0 amide bonds. The van der Waals surface area contributed by atoms with Crippen LogP contribution in [0.5, 0.6) is 5.88 Å². The lowest BCUT2D eigenvalue weighted by atomic mass is 10.0. The summed E-state index contributed by atoms with van der Waals surface area (Å²) in [6.07, 6.45) is -4.01. The molecule has 4 heterocycles. The van der Waals surface area contributed by atoms with Gasteiger partial charge in [0.25, 0.3) is 0 Å². The minimum Gasteiger partial charge on any atom is -0.478 e. The van der Waals surface area contributed by atoms with Crippen molar-refractivity contribution in [3.63, 3.8) is 0 Å². The molecule has 0 spiro atoms. The number of carboxylic acids is 1. The van der Waals surface area contributed by atoms with E-state index in [1.165, 1.54) is 30.3 Å². The Morgan fingerprint density at radius 2 is 1.86 bits per heavy atom. The van der Waals surface area contributed by atoms with Crippen molar-refractivity contribution in [2.24, 2.45) is 0 Å². The molecule has 1 aliphatic heterocycles. The molecule has 3 aromatic heterocycles. The Balaban J connectivity index is 1.25. The third-order valence-electron chi connectivity index (χ3n) is 7.04. The van der Waals surface area contributed by atoms with Crippen LogP contribution in [-0.2, 0) is 30.5 Å². The number of alkyl halides is 3. The van der Waals surface area contributed by atoms with Gasteiger partial charge in [-0.05, 0) is 60.5 Å². The first-order valence-electron chi connectivity index (χ1n) is 13.1. The molecule has 1 aliphatic rings. The number of ether oxygens (including phenoxy) is 2. The van der Waals surface area contributed by atoms with E-state index in [1.807, 2.05) is 0 Å². The summed E-state index contributed by atoms with van der Waals surface area (Å²) in [7, 11) is 0. The molecule has 1 fully saturated rings. The molecule has 0 bridgehead atoms. The number of benzene rings is 2. The third-order valence-corrected chi connectivity index (χ3v) is 7.04. The molecular weight excluding hydrogens is 577 g/mol. The summed E-state index contributed by atoms with van der Waals surface area (Å²) in [4.78, 5) is 20.3. The fraction of sp³-hybridized carbons (Fsp3) is 0.233. The normalized spacial score (nSPS) is 15.0. The highest BCUT2D eigenvalue weighted by Gasteiger charge is 2.34. The van der Waals surface area contributed by atoms with Crippen LogP contribution in [0.15, 0.2) is 65.1 Å². The third kappa shape index (κ3) is 5.93. The summed E-state index contributed by atoms with van der Waals surface area (Å²) in [6, 6.07) is 12.8. The van der Waals surface area contributed by atoms with Gasteiger partial charge in [-0.15, -0.1) is 0 Å². The predicted molar refractivity (Wildman–Crippen MR) is 141 cm³/mol. The Hall–Kier alpha value is -4.78. The number of pyridine rings is 1. The van der Waals surface area contributed by atoms with Crippen molar-refractivity contribution in [1.82, 2.24) is 14.5 Å². The van der Waals surface area contributed by atoms with E-state index >= 15 is 8.78 Å². The summed E-state index contributed by atoms with van der Waals surface area (Å²) < 4.78 is 86.5. The Labute approximate surface area is 240 Å². The van der Waals surface area contributed by atoms with Crippen molar-refractivity contribution < 1.29 is 45.7 Å². The molecule has 6 rings (SSSR count). The van der Waals surface area contributed by atoms with Crippen LogP contribution in [-0.4, -0.2) is 38.3 Å². The summed E-state index contributed by atoms with van der Waals surface area (Å²) >= 11 is 0. The van der Waals surface area contributed by atoms with E-state index in [2.05, 4.69) is 9.97 Å². The predicted octanol–water partition coefficient (Wildman–Crippen LogP) is 6.65. The second kappa shape index (κ2) is 11.1. The Bertz CT molecular complexity index is 1830. The largest absolute Gasteiger partial charge is 0.478 e. The maximum Gasteiger partial charge on any atom is 0.449 e. The van der Waals surface area contributed by atoms with E-state index < -0.39 is 29.5 Å². The second-order valence-electron chi connectivity index (χ2n) is 9.94. The summed E-state index contributed by atoms with van der Waals surface area (Å²) in [5, 5.41) is 9.43. The zero-order valence-corrected chi connectivity index (χ0v) is 22.2. The number of halogens is 5. The summed E-state index contributed by atoms with van der Waals surface area (Å²) in [6.45, 7) is 0.628. The second-order valence-corrected chi connectivity index (χ2v) is 9.94. The van der Waals surface area contributed by atoms with Crippen LogP contribution in [0.4, 0.5) is 22.0 Å². The topological polar surface area (TPSA) is 99.6 Å². The number of carboxylic acid groups (broad SMARTS) is 1. The lowest BCUT2D eigenvalue weighted by Crippen LogP contribution is -2.31. The quantitative estimate of drug-likeness (QED) is 0.190. The van der Waals surface area contributed by atoms with Gasteiger partial charge in [0, 0.05) is 24.7 Å². The van der Waals surface area contributed by atoms with Gasteiger partial charge in [-0.25, -0.2) is 23.5 Å². The van der Waals surface area contributed by atoms with Crippen molar-refractivity contribution in [2.45, 2.75) is 38.3 Å². The molecule has 1 saturated heterocycles. The average Bonchev–Trinajstić information content (AvgIpc) is 3.56. The van der Waals surface area contributed by atoms with Crippen molar-refractivity contribution in [3.8, 4) is 17.1 Å². The van der Waals surface area contributed by atoms with E-state index in [-0.39, 0.29) is 53.2 Å². The van der Waals surface area contributed by atoms with Gasteiger partial charge < -0.3 is 23.6 Å². The van der Waals surface area contributed by atoms with Gasteiger partial charge >= 0.3 is 12.1 Å². The molecule has 8 nitrogen and oxygen atoms in total. The van der Waals surface area contributed by atoms with E-state index in [0.717, 1.165) is 30.7 Å². The monoisotopic (exact) mass is 599 g/mol. The molecule has 13 heteroatoms. The van der Waals surface area contributed by atoms with Crippen molar-refractivity contribution in [3.05, 3.63) is 101 Å². The minimum absolute atomic E-state index is 0.0245. The zero-order chi connectivity index (χ0) is 30.3. The number of hydrogen-bond acceptors (Lipinski definition) is 6. The number of aromatic nitrogens is 3. The van der Waals surface area contributed by atoms with Crippen LogP contribution >= 0.6 is 0 Å². The van der Waals surface area contributed by atoms with E-state index in [1.54, 1.807) is 10.6 Å². The minimum atomic E-state index is -4.63. The maximum atomic E-state index is 15.4. The fourth-order valence-electron chi connectivity index (χ4n) is 4.76. The summed E-state index contributed by atoms with van der Waals surface area (Å²) in [5.74, 6) is -3.44. The first-order chi connectivity index (χ1) is 20.5. The molecular formula is C30H22F5N3O5. The van der Waals surface area contributed by atoms with Gasteiger partial charge in [-0.1, -0.05) is 6.07 Å². The molecule has 2 aromatic carbocycles. The first-order valence-corrected chi connectivity index (χ1v) is 13.1. The number of aromatic carboxylic acids is 1. The Morgan fingerprint density at radius 1 is 1.05 bits per heavy atom. The molecule has 0 saturated carbocycles. The van der Waals surface area contributed by atoms with Gasteiger partial charge in [-0.3, -0.25) is 0 Å². The summed E-state index contributed by atoms with van der Waals surface area (Å²) in [5.41, 5.74) is 1.06. The number of rotatable bonds is 9. The van der Waals surface area contributed by atoms with Crippen LogP contribution in [0.25, 0.3) is 22.3 Å². The molecule has 222 valence electrons. The van der Waals surface area contributed by atoms with E-state index in [9.17, 15) is 23.1 Å². The van der Waals surface area contributed by atoms with Crippen LogP contribution in [0.1, 0.15) is 39.7 Å². The Morgan fingerprint density at radius 3 is 2.56 bits per heavy atom. The van der Waals surface area contributed by atoms with Crippen LogP contribution in [0.2, 0.25) is 0 Å². The van der Waals surface area contributed by atoms with Gasteiger partial charge in [0.2, 0.25) is 11.6 Å². The number of nitrogens with zero attached hydrogens (tertiary/aromatic N) is 3. The molecule has 5 aromatic rings. The molecule has 1 unspecified atom stereocenters. The van der Waals surface area contributed by atoms with Crippen molar-refractivity contribution in [2.75, 3.05) is 6.61 Å². The lowest BCUT2D eigenvalue weighted by molar-refractivity contribution is -0.153. The number of fused-ring (bicyclic) bond motifs is 1. The van der Waals surface area contributed by atoms with Crippen LogP contribution < -0.4 is 4.74 Å². The Kier molecular flexibility index (Phi) is 7.34. The number of imidazole rings is 1. The van der Waals surface area contributed by atoms with Crippen LogP contribution in [0, 0.1) is 11.6 Å². The molecule has 43 heavy (non-hydrogen) atoms. The average molecular weight is 600 g/mol. The SMILES string of the molecule is O=C(O)c1ccc2nc(Cc3cc(F)c(-c4cccc(OCc5ccc(C(F)(F)F)o5)n4)cc3F)n(CC3CCO3)c2c1.